The highest BCUT2D eigenvalue weighted by molar-refractivity contribution is 6.19. The van der Waals surface area contributed by atoms with Gasteiger partial charge in [0.05, 0.1) is 27.6 Å². The minimum absolute atomic E-state index is 0.122. The first-order valence-electron chi connectivity index (χ1n) is 17.3. The maximum atomic E-state index is 4.73. The minimum atomic E-state index is -0.122. The van der Waals surface area contributed by atoms with Gasteiger partial charge in [0.25, 0.3) is 0 Å². The zero-order chi connectivity index (χ0) is 32.9. The van der Waals surface area contributed by atoms with Crippen LogP contribution in [0.2, 0.25) is 0 Å². The van der Waals surface area contributed by atoms with E-state index in [0.717, 1.165) is 18.5 Å². The van der Waals surface area contributed by atoms with Gasteiger partial charge in [0.15, 0.2) is 11.7 Å². The number of hydrogen-bond donors (Lipinski definition) is 0. The third kappa shape index (κ3) is 3.85. The van der Waals surface area contributed by atoms with Crippen molar-refractivity contribution in [3.05, 3.63) is 144 Å². The molecular weight excluding hydrogens is 583 g/mol. The lowest BCUT2D eigenvalue weighted by Gasteiger charge is -2.35. The summed E-state index contributed by atoms with van der Waals surface area (Å²) in [5.41, 5.74) is 15.8. The highest BCUT2D eigenvalue weighted by Crippen LogP contribution is 2.45. The Morgan fingerprint density at radius 2 is 1.10 bits per heavy atom. The lowest BCUT2D eigenvalue weighted by Crippen LogP contribution is -2.59. The van der Waals surface area contributed by atoms with Crippen LogP contribution >= 0.6 is 0 Å². The van der Waals surface area contributed by atoms with E-state index in [4.69, 9.17) is 6.58 Å². The molecule has 5 aromatic carbocycles. The zero-order valence-electron chi connectivity index (χ0n) is 28.4. The van der Waals surface area contributed by atoms with Gasteiger partial charge in [-0.15, -0.1) is 0 Å². The Morgan fingerprint density at radius 1 is 0.542 bits per heavy atom. The van der Waals surface area contributed by atoms with E-state index >= 15 is 0 Å². The molecule has 0 atom stereocenters. The van der Waals surface area contributed by atoms with Gasteiger partial charge in [0.1, 0.15) is 0 Å². The summed E-state index contributed by atoms with van der Waals surface area (Å²) in [4.78, 5) is 0. The molecule has 3 nitrogen and oxygen atoms in total. The molecule has 3 aromatic heterocycles. The van der Waals surface area contributed by atoms with E-state index in [2.05, 4.69) is 164 Å². The van der Waals surface area contributed by atoms with Gasteiger partial charge in [0.2, 0.25) is 5.69 Å². The summed E-state index contributed by atoms with van der Waals surface area (Å²) in [6, 6.07) is 41.1. The van der Waals surface area contributed by atoms with Crippen LogP contribution in [0.4, 0.5) is 0 Å². The Bertz CT molecular complexity index is 2620. The average Bonchev–Trinajstić information content (AvgIpc) is 3.59. The van der Waals surface area contributed by atoms with Crippen molar-refractivity contribution in [1.29, 1.82) is 0 Å². The lowest BCUT2D eigenvalue weighted by molar-refractivity contribution is -0.741. The van der Waals surface area contributed by atoms with Crippen molar-refractivity contribution in [1.82, 2.24) is 9.13 Å². The topological polar surface area (TPSA) is 13.7 Å². The first kappa shape index (κ1) is 28.8. The van der Waals surface area contributed by atoms with Gasteiger partial charge < -0.3 is 9.13 Å². The lowest BCUT2D eigenvalue weighted by atomic mass is 9.75. The minimum Gasteiger partial charge on any atom is -0.309 e. The van der Waals surface area contributed by atoms with E-state index in [1.807, 2.05) is 0 Å². The smallest absolute Gasteiger partial charge is 0.213 e. The van der Waals surface area contributed by atoms with Crippen LogP contribution in [-0.4, -0.2) is 9.13 Å². The van der Waals surface area contributed by atoms with Crippen molar-refractivity contribution >= 4 is 49.2 Å². The third-order valence-electron chi connectivity index (χ3n) is 11.2. The average molecular weight is 623 g/mol. The summed E-state index contributed by atoms with van der Waals surface area (Å²) in [6.45, 7) is 15.8. The Balaban J connectivity index is 1.38. The van der Waals surface area contributed by atoms with E-state index in [9.17, 15) is 0 Å². The summed E-state index contributed by atoms with van der Waals surface area (Å²) in [6.07, 6.45) is 4.25. The molecule has 0 aliphatic carbocycles. The molecule has 3 heteroatoms. The van der Waals surface area contributed by atoms with Crippen LogP contribution in [0.3, 0.4) is 0 Å². The highest BCUT2D eigenvalue weighted by Gasteiger charge is 2.46. The van der Waals surface area contributed by atoms with Crippen LogP contribution in [0.15, 0.2) is 122 Å². The fraction of sp³-hybridized carbons (Fsp3) is 0.178. The van der Waals surface area contributed by atoms with E-state index in [0.29, 0.717) is 0 Å². The fourth-order valence-electron chi connectivity index (χ4n) is 8.61. The Hall–Kier alpha value is -5.41. The number of allylic oxidation sites excluding steroid dienone is 1. The second kappa shape index (κ2) is 10.3. The summed E-state index contributed by atoms with van der Waals surface area (Å²) in [7, 11) is 0. The number of fused-ring (bicyclic) bond motifs is 9. The molecule has 0 bridgehead atoms. The zero-order valence-corrected chi connectivity index (χ0v) is 28.4. The van der Waals surface area contributed by atoms with Crippen LogP contribution in [0, 0.1) is 20.8 Å². The first-order chi connectivity index (χ1) is 23.3. The maximum absolute atomic E-state index is 4.73. The van der Waals surface area contributed by atoms with Crippen molar-refractivity contribution in [3.8, 4) is 22.6 Å². The molecule has 0 fully saturated rings. The summed E-state index contributed by atoms with van der Waals surface area (Å²) >= 11 is 0. The van der Waals surface area contributed by atoms with Gasteiger partial charge in [-0.2, -0.15) is 4.57 Å². The third-order valence-corrected chi connectivity index (χ3v) is 11.2. The molecular formula is C45H40N3+. The number of pyridine rings is 1. The SMILES string of the molecule is C=C1c2ccc(-n3c4ccc(C)cc4c4cc5c6cc(C)ccc6n(-c6ccc(C)cc6)c5cc43)cc2-c2cccc[n+]2C1(CC)CC. The molecule has 0 N–H and O–H groups in total. The number of nitrogens with zero attached hydrogens (tertiary/aromatic N) is 3. The number of benzene rings is 5. The van der Waals surface area contributed by atoms with Gasteiger partial charge >= 0.3 is 0 Å². The van der Waals surface area contributed by atoms with Crippen LogP contribution in [0.1, 0.15) is 48.9 Å². The molecule has 234 valence electrons. The van der Waals surface area contributed by atoms with Crippen molar-refractivity contribution < 1.29 is 4.57 Å². The van der Waals surface area contributed by atoms with Gasteiger partial charge in [-0.05, 0) is 93.1 Å². The second-order valence-electron chi connectivity index (χ2n) is 13.8. The van der Waals surface area contributed by atoms with Gasteiger partial charge in [-0.25, -0.2) is 0 Å². The summed E-state index contributed by atoms with van der Waals surface area (Å²) < 4.78 is 7.39. The van der Waals surface area contributed by atoms with Crippen LogP contribution < -0.4 is 4.57 Å². The number of aryl methyl sites for hydroxylation is 3. The summed E-state index contributed by atoms with van der Waals surface area (Å²) in [5.74, 6) is 0. The molecule has 0 radical (unpaired) electrons. The molecule has 8 aromatic rings. The van der Waals surface area contributed by atoms with E-state index in [1.165, 1.54) is 88.4 Å². The van der Waals surface area contributed by atoms with E-state index < -0.39 is 0 Å². The van der Waals surface area contributed by atoms with Crippen LogP contribution in [0.25, 0.3) is 71.8 Å². The van der Waals surface area contributed by atoms with Crippen LogP contribution in [-0.2, 0) is 5.54 Å². The van der Waals surface area contributed by atoms with Crippen LogP contribution in [0.5, 0.6) is 0 Å². The largest absolute Gasteiger partial charge is 0.309 e. The molecule has 1 aliphatic heterocycles. The maximum Gasteiger partial charge on any atom is 0.213 e. The number of aromatic nitrogens is 3. The Kier molecular flexibility index (Phi) is 6.17. The van der Waals surface area contributed by atoms with Gasteiger partial charge in [-0.3, -0.25) is 0 Å². The first-order valence-corrected chi connectivity index (χ1v) is 17.3. The number of rotatable bonds is 4. The molecule has 4 heterocycles. The van der Waals surface area contributed by atoms with Gasteiger partial charge in [-0.1, -0.05) is 67.4 Å². The molecule has 1 aliphatic rings. The molecule has 0 saturated heterocycles. The Morgan fingerprint density at radius 3 is 1.73 bits per heavy atom. The predicted octanol–water partition coefficient (Wildman–Crippen LogP) is 11.3. The van der Waals surface area contributed by atoms with E-state index in [-0.39, 0.29) is 5.54 Å². The van der Waals surface area contributed by atoms with Gasteiger partial charge in [0, 0.05) is 63.5 Å². The Labute approximate surface area is 282 Å². The summed E-state index contributed by atoms with van der Waals surface area (Å²) in [5, 5.41) is 5.13. The normalized spacial score (nSPS) is 13.9. The standard InChI is InChI=1S/C45H40N3/c1-7-45(8-2)31(6)34-19-18-33(25-37(34)40-11-9-10-22-46(40)45)48-42-21-15-30(5)24-36(42)39-26-38-35-23-29(4)14-20-41(35)47(43(38)27-44(39)48)32-16-12-28(3)13-17-32/h9-27H,6-8H2,1-5H3/q+1. The molecule has 0 saturated carbocycles. The molecule has 9 rings (SSSR count). The fourth-order valence-corrected chi connectivity index (χ4v) is 8.61. The molecule has 0 unspecified atom stereocenters. The van der Waals surface area contributed by atoms with Crippen molar-refractivity contribution in [3.63, 3.8) is 0 Å². The predicted molar refractivity (Wildman–Crippen MR) is 203 cm³/mol. The number of hydrogen-bond acceptors (Lipinski definition) is 0. The van der Waals surface area contributed by atoms with E-state index in [1.54, 1.807) is 0 Å². The molecule has 0 spiro atoms. The van der Waals surface area contributed by atoms with Crippen molar-refractivity contribution in [2.75, 3.05) is 0 Å². The molecule has 0 amide bonds. The quantitative estimate of drug-likeness (QED) is 0.173. The monoisotopic (exact) mass is 622 g/mol. The molecule has 48 heavy (non-hydrogen) atoms. The highest BCUT2D eigenvalue weighted by atomic mass is 15.1. The second-order valence-corrected chi connectivity index (χ2v) is 13.8. The van der Waals surface area contributed by atoms with Crippen molar-refractivity contribution in [2.24, 2.45) is 0 Å². The van der Waals surface area contributed by atoms with Crippen molar-refractivity contribution in [2.45, 2.75) is 53.0 Å².